The fourth-order valence-corrected chi connectivity index (χ4v) is 2.13. The van der Waals surface area contributed by atoms with Crippen molar-refractivity contribution in [2.45, 2.75) is 26.3 Å². The molecule has 96 valence electrons. The first-order valence-corrected chi connectivity index (χ1v) is 5.81. The van der Waals surface area contributed by atoms with Gasteiger partial charge in [-0.1, -0.05) is 13.3 Å². The predicted molar refractivity (Wildman–Crippen MR) is 68.1 cm³/mol. The lowest BCUT2D eigenvalue weighted by molar-refractivity contribution is 0.0786. The number of halogens is 1. The first-order valence-electron chi connectivity index (χ1n) is 5.81. The average Bonchev–Trinajstić information content (AvgIpc) is 2.97. The Kier molecular flexibility index (Phi) is 5.02. The van der Waals surface area contributed by atoms with Crippen molar-refractivity contribution >= 4 is 18.3 Å². The van der Waals surface area contributed by atoms with E-state index in [9.17, 15) is 4.79 Å². The van der Waals surface area contributed by atoms with Crippen molar-refractivity contribution in [1.29, 1.82) is 0 Å². The van der Waals surface area contributed by atoms with Crippen LogP contribution in [0.5, 0.6) is 0 Å². The summed E-state index contributed by atoms with van der Waals surface area (Å²) in [6.45, 7) is 4.24. The molecule has 2 rings (SSSR count). The van der Waals surface area contributed by atoms with Gasteiger partial charge in [0.1, 0.15) is 12.0 Å². The number of carbonyl (C=O) groups excluding carboxylic acids is 1. The van der Waals surface area contributed by atoms with Gasteiger partial charge in [-0.2, -0.15) is 0 Å². The van der Waals surface area contributed by atoms with E-state index in [2.05, 4.69) is 6.92 Å². The molecule has 1 unspecified atom stereocenters. The highest BCUT2D eigenvalue weighted by atomic mass is 35.5. The van der Waals surface area contributed by atoms with Gasteiger partial charge in [0.2, 0.25) is 0 Å². The van der Waals surface area contributed by atoms with Gasteiger partial charge in [0, 0.05) is 13.1 Å². The largest absolute Gasteiger partial charge is 0.467 e. The Morgan fingerprint density at radius 2 is 2.41 bits per heavy atom. The Morgan fingerprint density at radius 3 is 2.94 bits per heavy atom. The van der Waals surface area contributed by atoms with Crippen LogP contribution in [-0.4, -0.2) is 23.9 Å². The molecule has 0 aromatic carbocycles. The molecular formula is C12H19ClN2O2. The smallest absolute Gasteiger partial charge is 0.257 e. The van der Waals surface area contributed by atoms with Gasteiger partial charge >= 0.3 is 0 Å². The van der Waals surface area contributed by atoms with Crippen molar-refractivity contribution in [1.82, 2.24) is 4.90 Å². The summed E-state index contributed by atoms with van der Waals surface area (Å²) in [4.78, 5) is 14.0. The number of likely N-dealkylation sites (tertiary alicyclic amines) is 1. The number of nitrogens with two attached hydrogens (primary N) is 1. The van der Waals surface area contributed by atoms with Crippen LogP contribution in [-0.2, 0) is 6.54 Å². The molecule has 1 amide bonds. The van der Waals surface area contributed by atoms with Gasteiger partial charge in [0.25, 0.3) is 5.91 Å². The van der Waals surface area contributed by atoms with Gasteiger partial charge in [-0.05, 0) is 18.4 Å². The number of hydrogen-bond acceptors (Lipinski definition) is 3. The summed E-state index contributed by atoms with van der Waals surface area (Å²) in [7, 11) is 0. The number of amides is 1. The Morgan fingerprint density at radius 1 is 1.65 bits per heavy atom. The highest BCUT2D eigenvalue weighted by molar-refractivity contribution is 5.94. The minimum atomic E-state index is 0. The van der Waals surface area contributed by atoms with Crippen molar-refractivity contribution in [3.8, 4) is 0 Å². The van der Waals surface area contributed by atoms with Crippen LogP contribution < -0.4 is 5.73 Å². The lowest BCUT2D eigenvalue weighted by Gasteiger charge is -2.14. The molecule has 1 aliphatic rings. The number of furan rings is 1. The van der Waals surface area contributed by atoms with Gasteiger partial charge in [0.05, 0.1) is 12.1 Å². The monoisotopic (exact) mass is 258 g/mol. The SMILES string of the molecule is CCC1CCN(C(=O)c2coc(CN)c2)C1.Cl. The summed E-state index contributed by atoms with van der Waals surface area (Å²) < 4.78 is 5.18. The van der Waals surface area contributed by atoms with E-state index >= 15 is 0 Å². The Labute approximate surface area is 108 Å². The number of carbonyl (C=O) groups is 1. The van der Waals surface area contributed by atoms with Crippen molar-refractivity contribution in [3.63, 3.8) is 0 Å². The molecule has 2 N–H and O–H groups in total. The van der Waals surface area contributed by atoms with E-state index in [0.29, 0.717) is 23.8 Å². The van der Waals surface area contributed by atoms with Crippen molar-refractivity contribution in [3.05, 3.63) is 23.7 Å². The third-order valence-electron chi connectivity index (χ3n) is 3.25. The quantitative estimate of drug-likeness (QED) is 0.903. The zero-order valence-corrected chi connectivity index (χ0v) is 10.8. The highest BCUT2D eigenvalue weighted by Crippen LogP contribution is 2.21. The topological polar surface area (TPSA) is 59.5 Å². The second-order valence-corrected chi connectivity index (χ2v) is 4.32. The summed E-state index contributed by atoms with van der Waals surface area (Å²) in [6.07, 6.45) is 3.76. The standard InChI is InChI=1S/C12H18N2O2.ClH/c1-2-9-3-4-14(7-9)12(15)10-5-11(6-13)16-8-10;/h5,8-9H,2-4,6-7,13H2,1H3;1H. The maximum atomic E-state index is 12.1. The second-order valence-electron chi connectivity index (χ2n) is 4.32. The summed E-state index contributed by atoms with van der Waals surface area (Å²) in [5, 5.41) is 0. The zero-order chi connectivity index (χ0) is 11.5. The van der Waals surface area contributed by atoms with Crippen LogP contribution in [0.1, 0.15) is 35.9 Å². The minimum absolute atomic E-state index is 0. The fourth-order valence-electron chi connectivity index (χ4n) is 2.13. The molecule has 1 saturated heterocycles. The molecule has 4 nitrogen and oxygen atoms in total. The summed E-state index contributed by atoms with van der Waals surface area (Å²) in [6, 6.07) is 1.74. The first kappa shape index (κ1) is 14.1. The van der Waals surface area contributed by atoms with E-state index in [1.807, 2.05) is 4.90 Å². The van der Waals surface area contributed by atoms with Gasteiger partial charge in [-0.25, -0.2) is 0 Å². The van der Waals surface area contributed by atoms with Gasteiger partial charge in [-0.3, -0.25) is 4.79 Å². The molecule has 0 saturated carbocycles. The van der Waals surface area contributed by atoms with Crippen molar-refractivity contribution in [2.75, 3.05) is 13.1 Å². The van der Waals surface area contributed by atoms with Gasteiger partial charge < -0.3 is 15.1 Å². The van der Waals surface area contributed by atoms with E-state index in [1.165, 1.54) is 6.26 Å². The molecule has 17 heavy (non-hydrogen) atoms. The van der Waals surface area contributed by atoms with E-state index in [4.69, 9.17) is 10.2 Å². The lowest BCUT2D eigenvalue weighted by atomic mass is 10.1. The minimum Gasteiger partial charge on any atom is -0.467 e. The maximum absolute atomic E-state index is 12.1. The third kappa shape index (κ3) is 3.01. The molecule has 1 aliphatic heterocycles. The Balaban J connectivity index is 0.00000144. The second kappa shape index (κ2) is 6.07. The fraction of sp³-hybridized carbons (Fsp3) is 0.583. The normalized spacial score (nSPS) is 19.2. The predicted octanol–water partition coefficient (Wildman–Crippen LogP) is 2.03. The number of hydrogen-bond donors (Lipinski definition) is 1. The molecule has 1 aromatic heterocycles. The van der Waals surface area contributed by atoms with Gasteiger partial charge in [-0.15, -0.1) is 12.4 Å². The molecule has 5 heteroatoms. The maximum Gasteiger partial charge on any atom is 0.257 e. The van der Waals surface area contributed by atoms with Gasteiger partial charge in [0.15, 0.2) is 0 Å². The van der Waals surface area contributed by atoms with E-state index in [0.717, 1.165) is 25.9 Å². The summed E-state index contributed by atoms with van der Waals surface area (Å²) in [5.41, 5.74) is 6.06. The van der Waals surface area contributed by atoms with Crippen LogP contribution in [0, 0.1) is 5.92 Å². The molecule has 2 heterocycles. The van der Waals surface area contributed by atoms with E-state index < -0.39 is 0 Å². The average molecular weight is 259 g/mol. The van der Waals surface area contributed by atoms with Crippen LogP contribution in [0.15, 0.2) is 16.7 Å². The zero-order valence-electron chi connectivity index (χ0n) is 10.0. The molecule has 0 radical (unpaired) electrons. The number of rotatable bonds is 3. The molecule has 0 bridgehead atoms. The van der Waals surface area contributed by atoms with E-state index in [1.54, 1.807) is 6.07 Å². The van der Waals surface area contributed by atoms with Crippen molar-refractivity contribution in [2.24, 2.45) is 11.7 Å². The van der Waals surface area contributed by atoms with Crippen LogP contribution in [0.25, 0.3) is 0 Å². The lowest BCUT2D eigenvalue weighted by Crippen LogP contribution is -2.28. The molecular weight excluding hydrogens is 240 g/mol. The van der Waals surface area contributed by atoms with E-state index in [-0.39, 0.29) is 18.3 Å². The highest BCUT2D eigenvalue weighted by Gasteiger charge is 2.26. The van der Waals surface area contributed by atoms with Crippen molar-refractivity contribution < 1.29 is 9.21 Å². The first-order chi connectivity index (χ1) is 7.74. The van der Waals surface area contributed by atoms with Crippen LogP contribution in [0.4, 0.5) is 0 Å². The van der Waals surface area contributed by atoms with Crippen LogP contribution >= 0.6 is 12.4 Å². The Bertz CT molecular complexity index is 378. The van der Waals surface area contributed by atoms with Crippen LogP contribution in [0.2, 0.25) is 0 Å². The Hall–Kier alpha value is -1.00. The third-order valence-corrected chi connectivity index (χ3v) is 3.25. The molecule has 1 fully saturated rings. The molecule has 0 spiro atoms. The summed E-state index contributed by atoms with van der Waals surface area (Å²) >= 11 is 0. The number of nitrogens with zero attached hydrogens (tertiary/aromatic N) is 1. The molecule has 1 atom stereocenters. The molecule has 1 aromatic rings. The van der Waals surface area contributed by atoms with Crippen LogP contribution in [0.3, 0.4) is 0 Å². The summed E-state index contributed by atoms with van der Waals surface area (Å²) in [5.74, 6) is 1.39. The molecule has 0 aliphatic carbocycles.